The molecule has 4 nitrogen and oxygen atoms in total. The Labute approximate surface area is 152 Å². The van der Waals surface area contributed by atoms with Crippen molar-refractivity contribution in [3.05, 3.63) is 29.8 Å². The number of benzene rings is 1. The predicted molar refractivity (Wildman–Crippen MR) is 103 cm³/mol. The Morgan fingerprint density at radius 2 is 1.84 bits per heavy atom. The Balaban J connectivity index is 1.59. The molecule has 0 unspecified atom stereocenters. The molecule has 1 aromatic carbocycles. The van der Waals surface area contributed by atoms with Crippen LogP contribution in [0.4, 0.5) is 0 Å². The van der Waals surface area contributed by atoms with Gasteiger partial charge in [-0.3, -0.25) is 4.79 Å². The third-order valence-corrected chi connectivity index (χ3v) is 4.94. The molecule has 1 amide bonds. The van der Waals surface area contributed by atoms with Crippen LogP contribution < -0.4 is 10.1 Å². The predicted octanol–water partition coefficient (Wildman–Crippen LogP) is 3.60. The van der Waals surface area contributed by atoms with Gasteiger partial charge in [-0.05, 0) is 67.9 Å². The first-order valence-electron chi connectivity index (χ1n) is 9.57. The van der Waals surface area contributed by atoms with Crippen molar-refractivity contribution in [2.75, 3.05) is 32.8 Å². The third-order valence-electron chi connectivity index (χ3n) is 4.94. The minimum atomic E-state index is -0.0489. The van der Waals surface area contributed by atoms with Crippen LogP contribution >= 0.6 is 0 Å². The van der Waals surface area contributed by atoms with E-state index in [1.165, 1.54) is 31.5 Å². The molecule has 140 valence electrons. The number of ether oxygens (including phenoxy) is 1. The van der Waals surface area contributed by atoms with Crippen LogP contribution in [0.5, 0.6) is 5.75 Å². The Hall–Kier alpha value is -1.55. The van der Waals surface area contributed by atoms with Gasteiger partial charge in [0.1, 0.15) is 5.75 Å². The lowest BCUT2D eigenvalue weighted by molar-refractivity contribution is -0.123. The molecule has 1 aliphatic heterocycles. The van der Waals surface area contributed by atoms with Crippen molar-refractivity contribution in [3.8, 4) is 5.75 Å². The Morgan fingerprint density at radius 1 is 1.20 bits per heavy atom. The Bertz CT molecular complexity index is 526. The van der Waals surface area contributed by atoms with Gasteiger partial charge in [0, 0.05) is 6.54 Å². The maximum absolute atomic E-state index is 11.9. The van der Waals surface area contributed by atoms with Crippen molar-refractivity contribution >= 4 is 5.91 Å². The molecule has 1 aliphatic rings. The van der Waals surface area contributed by atoms with Crippen LogP contribution in [0.15, 0.2) is 24.3 Å². The van der Waals surface area contributed by atoms with E-state index in [2.05, 4.69) is 50.0 Å². The van der Waals surface area contributed by atoms with Crippen molar-refractivity contribution in [2.45, 2.75) is 52.4 Å². The summed E-state index contributed by atoms with van der Waals surface area (Å²) in [4.78, 5) is 14.4. The highest BCUT2D eigenvalue weighted by atomic mass is 16.5. The van der Waals surface area contributed by atoms with E-state index < -0.39 is 0 Å². The van der Waals surface area contributed by atoms with E-state index in [0.29, 0.717) is 0 Å². The smallest absolute Gasteiger partial charge is 0.257 e. The number of piperidine rings is 1. The molecule has 0 spiro atoms. The molecule has 0 bridgehead atoms. The topological polar surface area (TPSA) is 41.6 Å². The number of carbonyl (C=O) groups is 1. The Kier molecular flexibility index (Phi) is 7.30. The van der Waals surface area contributed by atoms with Crippen LogP contribution in [0.25, 0.3) is 0 Å². The number of amides is 1. The molecule has 0 aliphatic carbocycles. The summed E-state index contributed by atoms with van der Waals surface area (Å²) >= 11 is 0. The van der Waals surface area contributed by atoms with E-state index in [-0.39, 0.29) is 17.9 Å². The lowest BCUT2D eigenvalue weighted by Crippen LogP contribution is -2.36. The van der Waals surface area contributed by atoms with E-state index in [9.17, 15) is 4.79 Å². The zero-order chi connectivity index (χ0) is 18.3. The van der Waals surface area contributed by atoms with E-state index >= 15 is 0 Å². The van der Waals surface area contributed by atoms with Crippen LogP contribution in [0.2, 0.25) is 0 Å². The van der Waals surface area contributed by atoms with Gasteiger partial charge >= 0.3 is 0 Å². The van der Waals surface area contributed by atoms with Crippen LogP contribution in [-0.2, 0) is 10.2 Å². The number of rotatable bonds is 7. The van der Waals surface area contributed by atoms with E-state index in [1.807, 2.05) is 12.1 Å². The van der Waals surface area contributed by atoms with Gasteiger partial charge in [-0.2, -0.15) is 0 Å². The highest BCUT2D eigenvalue weighted by Gasteiger charge is 2.15. The fourth-order valence-corrected chi connectivity index (χ4v) is 3.07. The molecule has 0 atom stereocenters. The molecule has 1 fully saturated rings. The average Bonchev–Trinajstić information content (AvgIpc) is 2.58. The van der Waals surface area contributed by atoms with Crippen molar-refractivity contribution in [2.24, 2.45) is 5.92 Å². The van der Waals surface area contributed by atoms with E-state index in [1.54, 1.807) is 0 Å². The second kappa shape index (κ2) is 9.23. The normalized spacial score (nSPS) is 16.6. The lowest BCUT2D eigenvalue weighted by Gasteiger charge is -2.30. The summed E-state index contributed by atoms with van der Waals surface area (Å²) in [5, 5.41) is 2.95. The van der Waals surface area contributed by atoms with Crippen LogP contribution in [0.3, 0.4) is 0 Å². The zero-order valence-corrected chi connectivity index (χ0v) is 16.3. The number of hydrogen-bond donors (Lipinski definition) is 1. The third kappa shape index (κ3) is 7.07. The maximum Gasteiger partial charge on any atom is 0.257 e. The maximum atomic E-state index is 11.9. The van der Waals surface area contributed by atoms with Gasteiger partial charge in [0.15, 0.2) is 6.61 Å². The largest absolute Gasteiger partial charge is 0.484 e. The molecule has 4 heteroatoms. The van der Waals surface area contributed by atoms with Crippen molar-refractivity contribution < 1.29 is 9.53 Å². The highest BCUT2D eigenvalue weighted by Crippen LogP contribution is 2.24. The van der Waals surface area contributed by atoms with Gasteiger partial charge in [-0.1, -0.05) is 39.8 Å². The highest BCUT2D eigenvalue weighted by molar-refractivity contribution is 5.77. The molecule has 2 rings (SSSR count). The first kappa shape index (κ1) is 19.8. The van der Waals surface area contributed by atoms with Gasteiger partial charge in [0.25, 0.3) is 5.91 Å². The van der Waals surface area contributed by atoms with Crippen molar-refractivity contribution in [1.82, 2.24) is 10.2 Å². The van der Waals surface area contributed by atoms with E-state index in [4.69, 9.17) is 4.74 Å². The number of nitrogens with zero attached hydrogens (tertiary/aromatic N) is 1. The molecular formula is C21H34N2O2. The fraction of sp³-hybridized carbons (Fsp3) is 0.667. The van der Waals surface area contributed by atoms with Gasteiger partial charge in [0.05, 0.1) is 0 Å². The first-order chi connectivity index (χ1) is 11.8. The molecule has 0 radical (unpaired) electrons. The van der Waals surface area contributed by atoms with E-state index in [0.717, 1.165) is 31.2 Å². The van der Waals surface area contributed by atoms with Gasteiger partial charge in [-0.15, -0.1) is 0 Å². The molecule has 1 saturated heterocycles. The summed E-state index contributed by atoms with van der Waals surface area (Å²) in [5.41, 5.74) is 1.39. The Morgan fingerprint density at radius 3 is 2.44 bits per heavy atom. The fourth-order valence-electron chi connectivity index (χ4n) is 3.07. The summed E-state index contributed by atoms with van der Waals surface area (Å²) in [6, 6.07) is 8.00. The molecule has 1 aromatic rings. The zero-order valence-electron chi connectivity index (χ0n) is 16.3. The SMILES string of the molecule is CC1CCN(CCCNC(=O)COc2ccc(C(C)(C)C)cc2)CC1. The summed E-state index contributed by atoms with van der Waals surface area (Å²) in [5.74, 6) is 1.56. The molecule has 1 heterocycles. The minimum Gasteiger partial charge on any atom is -0.484 e. The van der Waals surface area contributed by atoms with Crippen LogP contribution in [0.1, 0.15) is 52.5 Å². The van der Waals surface area contributed by atoms with Gasteiger partial charge < -0.3 is 15.0 Å². The number of likely N-dealkylation sites (tertiary alicyclic amines) is 1. The summed E-state index contributed by atoms with van der Waals surface area (Å²) in [6.45, 7) is 13.1. The molecule has 25 heavy (non-hydrogen) atoms. The van der Waals surface area contributed by atoms with Crippen molar-refractivity contribution in [1.29, 1.82) is 0 Å². The second-order valence-corrected chi connectivity index (χ2v) is 8.29. The molecular weight excluding hydrogens is 312 g/mol. The number of nitrogens with one attached hydrogen (secondary N) is 1. The number of carbonyl (C=O) groups excluding carboxylic acids is 1. The molecule has 0 aromatic heterocycles. The molecule has 0 saturated carbocycles. The van der Waals surface area contributed by atoms with Crippen LogP contribution in [0, 0.1) is 5.92 Å². The van der Waals surface area contributed by atoms with Crippen molar-refractivity contribution in [3.63, 3.8) is 0 Å². The second-order valence-electron chi connectivity index (χ2n) is 8.29. The summed E-state index contributed by atoms with van der Waals surface area (Å²) < 4.78 is 5.57. The lowest BCUT2D eigenvalue weighted by atomic mass is 9.87. The average molecular weight is 347 g/mol. The summed E-state index contributed by atoms with van der Waals surface area (Å²) in [6.07, 6.45) is 3.60. The van der Waals surface area contributed by atoms with Gasteiger partial charge in [0.2, 0.25) is 0 Å². The minimum absolute atomic E-state index is 0.0489. The number of hydrogen-bond acceptors (Lipinski definition) is 3. The summed E-state index contributed by atoms with van der Waals surface area (Å²) in [7, 11) is 0. The monoisotopic (exact) mass is 346 g/mol. The quantitative estimate of drug-likeness (QED) is 0.767. The van der Waals surface area contributed by atoms with Gasteiger partial charge in [-0.25, -0.2) is 0 Å². The first-order valence-corrected chi connectivity index (χ1v) is 9.57. The van der Waals surface area contributed by atoms with Crippen LogP contribution in [-0.4, -0.2) is 43.6 Å². The molecule has 1 N–H and O–H groups in total. The standard InChI is InChI=1S/C21H34N2O2/c1-17-10-14-23(15-11-17)13-5-12-22-20(24)16-25-19-8-6-18(7-9-19)21(2,3)4/h6-9,17H,5,10-16H2,1-4H3,(H,22,24).